The van der Waals surface area contributed by atoms with Gasteiger partial charge in [0.05, 0.1) is 11.7 Å². The van der Waals surface area contributed by atoms with Crippen LogP contribution in [0.2, 0.25) is 0 Å². The molecule has 0 saturated heterocycles. The number of aromatic nitrogens is 1. The molecule has 16 heavy (non-hydrogen) atoms. The first-order valence-corrected chi connectivity index (χ1v) is 6.55. The number of fused-ring (bicyclic) bond motifs is 1. The van der Waals surface area contributed by atoms with Crippen LogP contribution in [0, 0.1) is 0 Å². The van der Waals surface area contributed by atoms with Crippen molar-refractivity contribution in [1.29, 1.82) is 0 Å². The van der Waals surface area contributed by atoms with Gasteiger partial charge in [-0.15, -0.1) is 0 Å². The van der Waals surface area contributed by atoms with Gasteiger partial charge in [-0.3, -0.25) is 4.98 Å². The normalized spacial score (nSPS) is 20.8. The number of nitrogens with one attached hydrogen (secondary N) is 1. The Morgan fingerprint density at radius 2 is 2.38 bits per heavy atom. The predicted molar refractivity (Wildman–Crippen MR) is 67.4 cm³/mol. The summed E-state index contributed by atoms with van der Waals surface area (Å²) in [4.78, 5) is 4.53. The Bertz CT molecular complexity index is 335. The average Bonchev–Trinajstić information content (AvgIpc) is 2.72. The van der Waals surface area contributed by atoms with Crippen molar-refractivity contribution >= 4 is 0 Å². The largest absolute Gasteiger partial charge is 0.306 e. The van der Waals surface area contributed by atoms with Gasteiger partial charge in [-0.2, -0.15) is 0 Å². The monoisotopic (exact) mass is 218 g/mol. The van der Waals surface area contributed by atoms with Gasteiger partial charge in [-0.05, 0) is 37.3 Å². The average molecular weight is 218 g/mol. The van der Waals surface area contributed by atoms with Crippen LogP contribution in [0.1, 0.15) is 56.8 Å². The molecular weight excluding hydrogens is 196 g/mol. The smallest absolute Gasteiger partial charge is 0.0605 e. The zero-order chi connectivity index (χ0) is 11.4. The van der Waals surface area contributed by atoms with E-state index in [1.165, 1.54) is 43.4 Å². The Morgan fingerprint density at radius 3 is 3.12 bits per heavy atom. The zero-order valence-corrected chi connectivity index (χ0v) is 10.4. The molecule has 2 rings (SSSR count). The van der Waals surface area contributed by atoms with Crippen LogP contribution in [0.5, 0.6) is 0 Å². The first-order chi connectivity index (χ1) is 7.85. The van der Waals surface area contributed by atoms with Crippen LogP contribution in [0.15, 0.2) is 18.3 Å². The number of aryl methyl sites for hydroxylation is 1. The van der Waals surface area contributed by atoms with Gasteiger partial charge in [-0.1, -0.05) is 26.3 Å². The van der Waals surface area contributed by atoms with Crippen LogP contribution in [0.3, 0.4) is 0 Å². The van der Waals surface area contributed by atoms with Crippen molar-refractivity contribution in [3.05, 3.63) is 29.6 Å². The second-order valence-corrected chi connectivity index (χ2v) is 4.70. The van der Waals surface area contributed by atoms with Crippen molar-refractivity contribution in [3.8, 4) is 0 Å². The number of pyridine rings is 1. The highest BCUT2D eigenvalue weighted by Gasteiger charge is 2.24. The Kier molecular flexibility index (Phi) is 3.94. The summed E-state index contributed by atoms with van der Waals surface area (Å²) in [5, 5.41) is 3.76. The van der Waals surface area contributed by atoms with Gasteiger partial charge in [-0.25, -0.2) is 0 Å². The second-order valence-electron chi connectivity index (χ2n) is 4.70. The molecule has 1 N–H and O–H groups in total. The van der Waals surface area contributed by atoms with E-state index in [0.717, 1.165) is 0 Å². The molecule has 1 aliphatic rings. The standard InChI is InChI=1S/C14H22N2/c1-3-6-12(4-2)16-13-9-8-11-7-5-10-15-14(11)13/h5,7,10,12-13,16H,3-4,6,8-9H2,1-2H3. The van der Waals surface area contributed by atoms with Gasteiger partial charge in [0.1, 0.15) is 0 Å². The SMILES string of the molecule is CCCC(CC)NC1CCc2cccnc21. The quantitative estimate of drug-likeness (QED) is 0.820. The molecule has 1 aromatic heterocycles. The maximum atomic E-state index is 4.53. The Morgan fingerprint density at radius 1 is 1.50 bits per heavy atom. The molecule has 0 aliphatic heterocycles. The van der Waals surface area contributed by atoms with E-state index in [1.807, 2.05) is 12.3 Å². The summed E-state index contributed by atoms with van der Waals surface area (Å²) in [6.45, 7) is 4.52. The fraction of sp³-hybridized carbons (Fsp3) is 0.643. The molecule has 0 saturated carbocycles. The summed E-state index contributed by atoms with van der Waals surface area (Å²) < 4.78 is 0. The van der Waals surface area contributed by atoms with Gasteiger partial charge in [0.15, 0.2) is 0 Å². The molecule has 0 aromatic carbocycles. The highest BCUT2D eigenvalue weighted by Crippen LogP contribution is 2.29. The lowest BCUT2D eigenvalue weighted by molar-refractivity contribution is 0.396. The minimum Gasteiger partial charge on any atom is -0.306 e. The summed E-state index contributed by atoms with van der Waals surface area (Å²) in [5.41, 5.74) is 2.73. The van der Waals surface area contributed by atoms with E-state index < -0.39 is 0 Å². The first kappa shape index (κ1) is 11.6. The van der Waals surface area contributed by atoms with Crippen LogP contribution in [-0.2, 0) is 6.42 Å². The number of rotatable bonds is 5. The summed E-state index contributed by atoms with van der Waals surface area (Å²) in [6.07, 6.45) is 8.06. The molecule has 0 fully saturated rings. The van der Waals surface area contributed by atoms with Crippen LogP contribution in [0.4, 0.5) is 0 Å². The van der Waals surface area contributed by atoms with Crippen LogP contribution in [0.25, 0.3) is 0 Å². The molecule has 1 heterocycles. The van der Waals surface area contributed by atoms with Crippen molar-refractivity contribution in [2.45, 2.75) is 58.0 Å². The molecule has 88 valence electrons. The highest BCUT2D eigenvalue weighted by atomic mass is 15.0. The van der Waals surface area contributed by atoms with E-state index in [-0.39, 0.29) is 0 Å². The molecular formula is C14H22N2. The van der Waals surface area contributed by atoms with E-state index >= 15 is 0 Å². The van der Waals surface area contributed by atoms with Crippen molar-refractivity contribution < 1.29 is 0 Å². The lowest BCUT2D eigenvalue weighted by Crippen LogP contribution is -2.31. The lowest BCUT2D eigenvalue weighted by atomic mass is 10.1. The third kappa shape index (κ3) is 2.43. The minimum atomic E-state index is 0.493. The maximum absolute atomic E-state index is 4.53. The molecule has 2 unspecified atom stereocenters. The van der Waals surface area contributed by atoms with Crippen molar-refractivity contribution in [3.63, 3.8) is 0 Å². The molecule has 2 heteroatoms. The van der Waals surface area contributed by atoms with Gasteiger partial charge in [0.2, 0.25) is 0 Å². The van der Waals surface area contributed by atoms with E-state index in [2.05, 4.69) is 30.2 Å². The van der Waals surface area contributed by atoms with Crippen LogP contribution >= 0.6 is 0 Å². The highest BCUT2D eigenvalue weighted by molar-refractivity contribution is 5.27. The molecule has 2 nitrogen and oxygen atoms in total. The first-order valence-electron chi connectivity index (χ1n) is 6.55. The van der Waals surface area contributed by atoms with Gasteiger partial charge in [0, 0.05) is 12.2 Å². The fourth-order valence-electron chi connectivity index (χ4n) is 2.61. The van der Waals surface area contributed by atoms with Crippen LogP contribution < -0.4 is 5.32 Å². The van der Waals surface area contributed by atoms with Crippen molar-refractivity contribution in [2.24, 2.45) is 0 Å². The van der Waals surface area contributed by atoms with Gasteiger partial charge >= 0.3 is 0 Å². The molecule has 0 radical (unpaired) electrons. The topological polar surface area (TPSA) is 24.9 Å². The van der Waals surface area contributed by atoms with Gasteiger partial charge in [0.25, 0.3) is 0 Å². The van der Waals surface area contributed by atoms with E-state index in [0.29, 0.717) is 12.1 Å². The van der Waals surface area contributed by atoms with E-state index in [9.17, 15) is 0 Å². The Hall–Kier alpha value is -0.890. The lowest BCUT2D eigenvalue weighted by Gasteiger charge is -2.21. The Balaban J connectivity index is 2.02. The van der Waals surface area contributed by atoms with E-state index in [4.69, 9.17) is 0 Å². The van der Waals surface area contributed by atoms with Crippen molar-refractivity contribution in [1.82, 2.24) is 10.3 Å². The molecule has 1 aliphatic carbocycles. The fourth-order valence-corrected chi connectivity index (χ4v) is 2.61. The zero-order valence-electron chi connectivity index (χ0n) is 10.4. The summed E-state index contributed by atoms with van der Waals surface area (Å²) in [7, 11) is 0. The van der Waals surface area contributed by atoms with Crippen molar-refractivity contribution in [2.75, 3.05) is 0 Å². The number of hydrogen-bond donors (Lipinski definition) is 1. The number of hydrogen-bond acceptors (Lipinski definition) is 2. The maximum Gasteiger partial charge on any atom is 0.0605 e. The van der Waals surface area contributed by atoms with Gasteiger partial charge < -0.3 is 5.32 Å². The predicted octanol–water partition coefficient (Wildman–Crippen LogP) is 3.24. The number of nitrogens with zero attached hydrogens (tertiary/aromatic N) is 1. The van der Waals surface area contributed by atoms with E-state index in [1.54, 1.807) is 0 Å². The molecule has 2 atom stereocenters. The second kappa shape index (κ2) is 5.44. The summed E-state index contributed by atoms with van der Waals surface area (Å²) in [6, 6.07) is 5.41. The molecule has 0 bridgehead atoms. The molecule has 0 spiro atoms. The van der Waals surface area contributed by atoms with Crippen LogP contribution in [-0.4, -0.2) is 11.0 Å². The summed E-state index contributed by atoms with van der Waals surface area (Å²) in [5.74, 6) is 0. The summed E-state index contributed by atoms with van der Waals surface area (Å²) >= 11 is 0. The third-order valence-electron chi connectivity index (χ3n) is 3.53. The third-order valence-corrected chi connectivity index (χ3v) is 3.53. The Labute approximate surface area is 98.5 Å². The minimum absolute atomic E-state index is 0.493. The molecule has 0 amide bonds. The molecule has 1 aromatic rings.